The first-order chi connectivity index (χ1) is 13.0. The number of carbonyl (C=O) groups excluding carboxylic acids is 2. The van der Waals surface area contributed by atoms with Crippen LogP contribution in [0.5, 0.6) is 0 Å². The van der Waals surface area contributed by atoms with E-state index in [4.69, 9.17) is 11.6 Å². The number of pyridine rings is 1. The van der Waals surface area contributed by atoms with Crippen molar-refractivity contribution in [3.63, 3.8) is 0 Å². The van der Waals surface area contributed by atoms with Gasteiger partial charge in [0.15, 0.2) is 0 Å². The SMILES string of the molecule is Cn1cc(C(=O)N2CCCCCC2)cc(NC(=O)c2ccccc2Cl)c1=O. The normalized spacial score (nSPS) is 14.5. The molecule has 3 rings (SSSR count). The van der Waals surface area contributed by atoms with Crippen molar-refractivity contribution in [1.82, 2.24) is 9.47 Å². The molecule has 142 valence electrons. The molecule has 2 aromatic rings. The average Bonchev–Trinajstić information content (AvgIpc) is 2.94. The van der Waals surface area contributed by atoms with Crippen LogP contribution in [-0.4, -0.2) is 34.4 Å². The van der Waals surface area contributed by atoms with Gasteiger partial charge in [-0.25, -0.2) is 0 Å². The Morgan fingerprint density at radius 3 is 2.41 bits per heavy atom. The first-order valence-corrected chi connectivity index (χ1v) is 9.41. The van der Waals surface area contributed by atoms with Gasteiger partial charge in [-0.3, -0.25) is 14.4 Å². The third-order valence-corrected chi connectivity index (χ3v) is 5.02. The van der Waals surface area contributed by atoms with Crippen molar-refractivity contribution in [1.29, 1.82) is 0 Å². The summed E-state index contributed by atoms with van der Waals surface area (Å²) in [6, 6.07) is 8.04. The smallest absolute Gasteiger partial charge is 0.274 e. The predicted octanol–water partition coefficient (Wildman–Crippen LogP) is 3.31. The third kappa shape index (κ3) is 4.39. The van der Waals surface area contributed by atoms with Crippen LogP contribution in [0, 0.1) is 0 Å². The lowest BCUT2D eigenvalue weighted by atomic mass is 10.2. The largest absolute Gasteiger partial charge is 0.339 e. The number of aromatic nitrogens is 1. The highest BCUT2D eigenvalue weighted by atomic mass is 35.5. The van der Waals surface area contributed by atoms with Crippen LogP contribution in [0.15, 0.2) is 41.3 Å². The van der Waals surface area contributed by atoms with Crippen LogP contribution in [0.1, 0.15) is 46.4 Å². The highest BCUT2D eigenvalue weighted by Gasteiger charge is 2.20. The second-order valence-electron chi connectivity index (χ2n) is 6.70. The molecule has 1 aliphatic heterocycles. The Morgan fingerprint density at radius 2 is 1.74 bits per heavy atom. The summed E-state index contributed by atoms with van der Waals surface area (Å²) in [5.41, 5.74) is 0.324. The van der Waals surface area contributed by atoms with Gasteiger partial charge in [-0.1, -0.05) is 36.6 Å². The zero-order valence-corrected chi connectivity index (χ0v) is 16.0. The third-order valence-electron chi connectivity index (χ3n) is 4.69. The van der Waals surface area contributed by atoms with Gasteiger partial charge in [0, 0.05) is 26.3 Å². The number of nitrogens with one attached hydrogen (secondary N) is 1. The van der Waals surface area contributed by atoms with Crippen molar-refractivity contribution in [3.05, 3.63) is 63.0 Å². The van der Waals surface area contributed by atoms with E-state index in [1.165, 1.54) is 16.8 Å². The molecular formula is C20H22ClN3O3. The minimum atomic E-state index is -0.489. The molecule has 7 heteroatoms. The Morgan fingerprint density at radius 1 is 1.07 bits per heavy atom. The van der Waals surface area contributed by atoms with Gasteiger partial charge < -0.3 is 14.8 Å². The van der Waals surface area contributed by atoms with E-state index in [0.29, 0.717) is 23.7 Å². The van der Waals surface area contributed by atoms with Crippen LogP contribution >= 0.6 is 11.6 Å². The van der Waals surface area contributed by atoms with E-state index in [1.54, 1.807) is 31.3 Å². The maximum absolute atomic E-state index is 12.9. The van der Waals surface area contributed by atoms with Crippen molar-refractivity contribution in [2.24, 2.45) is 7.05 Å². The maximum Gasteiger partial charge on any atom is 0.274 e. The molecule has 0 bridgehead atoms. The Bertz CT molecular complexity index is 915. The summed E-state index contributed by atoms with van der Waals surface area (Å²) in [5.74, 6) is -0.613. The minimum absolute atomic E-state index is 0.0584. The van der Waals surface area contributed by atoms with E-state index in [-0.39, 0.29) is 22.7 Å². The number of aryl methyl sites for hydroxylation is 1. The van der Waals surface area contributed by atoms with E-state index >= 15 is 0 Å². The molecule has 0 radical (unpaired) electrons. The molecule has 0 aliphatic carbocycles. The fourth-order valence-electron chi connectivity index (χ4n) is 3.21. The molecule has 0 saturated carbocycles. The molecule has 6 nitrogen and oxygen atoms in total. The zero-order valence-electron chi connectivity index (χ0n) is 15.2. The van der Waals surface area contributed by atoms with E-state index in [9.17, 15) is 14.4 Å². The number of amides is 2. The first kappa shape index (κ1) is 19.2. The van der Waals surface area contributed by atoms with Crippen LogP contribution < -0.4 is 10.9 Å². The summed E-state index contributed by atoms with van der Waals surface area (Å²) in [7, 11) is 1.56. The predicted molar refractivity (Wildman–Crippen MR) is 105 cm³/mol. The lowest BCUT2D eigenvalue weighted by molar-refractivity contribution is 0.0760. The van der Waals surface area contributed by atoms with Crippen molar-refractivity contribution >= 4 is 29.1 Å². The number of anilines is 1. The van der Waals surface area contributed by atoms with Crippen LogP contribution in [0.4, 0.5) is 5.69 Å². The second-order valence-corrected chi connectivity index (χ2v) is 7.11. The minimum Gasteiger partial charge on any atom is -0.339 e. The van der Waals surface area contributed by atoms with E-state index in [1.807, 2.05) is 4.90 Å². The van der Waals surface area contributed by atoms with Crippen molar-refractivity contribution in [2.75, 3.05) is 18.4 Å². The molecule has 2 heterocycles. The highest BCUT2D eigenvalue weighted by Crippen LogP contribution is 2.18. The van der Waals surface area contributed by atoms with Gasteiger partial charge in [-0.05, 0) is 31.0 Å². The van der Waals surface area contributed by atoms with Crippen LogP contribution in [0.25, 0.3) is 0 Å². The molecule has 1 fully saturated rings. The fourth-order valence-corrected chi connectivity index (χ4v) is 3.43. The molecule has 1 aliphatic rings. The number of halogens is 1. The molecule has 1 aromatic heterocycles. The Hall–Kier alpha value is -2.60. The van der Waals surface area contributed by atoms with Gasteiger partial charge >= 0.3 is 0 Å². The van der Waals surface area contributed by atoms with E-state index in [0.717, 1.165) is 25.7 Å². The van der Waals surface area contributed by atoms with Crippen molar-refractivity contribution < 1.29 is 9.59 Å². The number of nitrogens with zero attached hydrogens (tertiary/aromatic N) is 2. The number of benzene rings is 1. The maximum atomic E-state index is 12.9. The van der Waals surface area contributed by atoms with Crippen LogP contribution in [0.3, 0.4) is 0 Å². The number of hydrogen-bond acceptors (Lipinski definition) is 3. The van der Waals surface area contributed by atoms with E-state index in [2.05, 4.69) is 5.32 Å². The standard InChI is InChI=1S/C20H22ClN3O3/c1-23-13-14(19(26)24-10-6-2-3-7-11-24)12-17(20(23)27)22-18(25)15-8-4-5-9-16(15)21/h4-5,8-9,12-13H,2-3,6-7,10-11H2,1H3,(H,22,25). The summed E-state index contributed by atoms with van der Waals surface area (Å²) < 4.78 is 1.31. The monoisotopic (exact) mass is 387 g/mol. The summed E-state index contributed by atoms with van der Waals surface area (Å²) >= 11 is 6.05. The molecule has 27 heavy (non-hydrogen) atoms. The van der Waals surface area contributed by atoms with Gasteiger partial charge in [0.25, 0.3) is 17.4 Å². The molecule has 1 aromatic carbocycles. The number of likely N-dealkylation sites (tertiary alicyclic amines) is 1. The van der Waals surface area contributed by atoms with Gasteiger partial charge in [-0.2, -0.15) is 0 Å². The lowest BCUT2D eigenvalue weighted by Gasteiger charge is -2.21. The van der Waals surface area contributed by atoms with Gasteiger partial charge in [0.2, 0.25) is 0 Å². The highest BCUT2D eigenvalue weighted by molar-refractivity contribution is 6.34. The summed E-state index contributed by atoms with van der Waals surface area (Å²) in [6.45, 7) is 1.42. The number of hydrogen-bond donors (Lipinski definition) is 1. The van der Waals surface area contributed by atoms with Crippen molar-refractivity contribution in [3.8, 4) is 0 Å². The number of carbonyl (C=O) groups is 2. The quantitative estimate of drug-likeness (QED) is 0.878. The molecule has 0 unspecified atom stereocenters. The summed E-state index contributed by atoms with van der Waals surface area (Å²) in [5, 5.41) is 2.89. The van der Waals surface area contributed by atoms with Gasteiger partial charge in [0.05, 0.1) is 16.1 Å². The Kier molecular flexibility index (Phi) is 5.96. The lowest BCUT2D eigenvalue weighted by Crippen LogP contribution is -2.33. The van der Waals surface area contributed by atoms with Crippen molar-refractivity contribution in [2.45, 2.75) is 25.7 Å². The van der Waals surface area contributed by atoms with Crippen LogP contribution in [-0.2, 0) is 7.05 Å². The molecule has 0 spiro atoms. The zero-order chi connectivity index (χ0) is 19.4. The molecule has 1 N–H and O–H groups in total. The summed E-state index contributed by atoms with van der Waals surface area (Å²) in [4.78, 5) is 39.6. The summed E-state index contributed by atoms with van der Waals surface area (Å²) in [6.07, 6.45) is 5.72. The molecule has 2 amide bonds. The molecule has 1 saturated heterocycles. The molecule has 0 atom stereocenters. The van der Waals surface area contributed by atoms with Gasteiger partial charge in [-0.15, -0.1) is 0 Å². The Balaban J connectivity index is 1.88. The molecular weight excluding hydrogens is 366 g/mol. The average molecular weight is 388 g/mol. The second kappa shape index (κ2) is 8.39. The Labute approximate surface area is 162 Å². The fraction of sp³-hybridized carbons (Fsp3) is 0.350. The van der Waals surface area contributed by atoms with Gasteiger partial charge in [0.1, 0.15) is 5.69 Å². The van der Waals surface area contributed by atoms with Crippen LogP contribution in [0.2, 0.25) is 5.02 Å². The van der Waals surface area contributed by atoms with E-state index < -0.39 is 5.91 Å². The number of rotatable bonds is 3. The first-order valence-electron chi connectivity index (χ1n) is 9.03. The topological polar surface area (TPSA) is 71.4 Å².